The summed E-state index contributed by atoms with van der Waals surface area (Å²) in [7, 11) is 0. The fourth-order valence-corrected chi connectivity index (χ4v) is 2.96. The lowest BCUT2D eigenvalue weighted by Crippen LogP contribution is -2.52. The van der Waals surface area contributed by atoms with Gasteiger partial charge in [0.1, 0.15) is 6.42 Å². The summed E-state index contributed by atoms with van der Waals surface area (Å²) >= 11 is 0. The molecule has 0 aromatic rings. The molecule has 0 aromatic heterocycles. The van der Waals surface area contributed by atoms with Gasteiger partial charge in [0, 0.05) is 32.1 Å². The van der Waals surface area contributed by atoms with Crippen LogP contribution in [0.1, 0.15) is 38.5 Å². The van der Waals surface area contributed by atoms with Crippen LogP contribution in [0.25, 0.3) is 0 Å². The second kappa shape index (κ2) is 6.55. The van der Waals surface area contributed by atoms with E-state index in [4.69, 9.17) is 5.26 Å². The minimum atomic E-state index is -0.118. The van der Waals surface area contributed by atoms with Crippen LogP contribution in [0.2, 0.25) is 0 Å². The molecule has 2 fully saturated rings. The summed E-state index contributed by atoms with van der Waals surface area (Å²) in [6.45, 7) is 2.37. The van der Waals surface area contributed by atoms with E-state index < -0.39 is 0 Å². The van der Waals surface area contributed by atoms with E-state index in [1.54, 1.807) is 4.90 Å². The van der Waals surface area contributed by atoms with Gasteiger partial charge in [0.25, 0.3) is 0 Å². The van der Waals surface area contributed by atoms with Crippen LogP contribution in [0.15, 0.2) is 0 Å². The Balaban J connectivity index is 1.81. The van der Waals surface area contributed by atoms with Gasteiger partial charge in [-0.3, -0.25) is 9.59 Å². The summed E-state index contributed by atoms with van der Waals surface area (Å²) in [5.74, 6) is 0.356. The van der Waals surface area contributed by atoms with Crippen molar-refractivity contribution in [3.05, 3.63) is 0 Å². The molecule has 2 rings (SSSR count). The van der Waals surface area contributed by atoms with E-state index >= 15 is 0 Å². The van der Waals surface area contributed by atoms with Crippen molar-refractivity contribution < 1.29 is 9.59 Å². The van der Waals surface area contributed by atoms with Crippen molar-refractivity contribution in [1.82, 2.24) is 9.80 Å². The third kappa shape index (κ3) is 3.46. The molecule has 19 heavy (non-hydrogen) atoms. The molecule has 0 radical (unpaired) electrons. The van der Waals surface area contributed by atoms with Crippen molar-refractivity contribution in [2.24, 2.45) is 5.92 Å². The topological polar surface area (TPSA) is 64.4 Å². The number of amides is 2. The van der Waals surface area contributed by atoms with Gasteiger partial charge in [0.2, 0.25) is 11.8 Å². The van der Waals surface area contributed by atoms with Crippen LogP contribution in [0, 0.1) is 17.2 Å². The van der Waals surface area contributed by atoms with Gasteiger partial charge in [-0.25, -0.2) is 0 Å². The minimum absolute atomic E-state index is 0.0590. The third-order valence-electron chi connectivity index (χ3n) is 4.13. The number of nitrogens with zero attached hydrogens (tertiary/aromatic N) is 3. The van der Waals surface area contributed by atoms with Gasteiger partial charge in [-0.2, -0.15) is 5.26 Å². The van der Waals surface area contributed by atoms with Crippen LogP contribution in [0.4, 0.5) is 0 Å². The maximum atomic E-state index is 12.3. The lowest BCUT2D eigenvalue weighted by atomic mass is 9.88. The summed E-state index contributed by atoms with van der Waals surface area (Å²) in [4.78, 5) is 27.5. The molecule has 5 heteroatoms. The Kier molecular flexibility index (Phi) is 4.78. The highest BCUT2D eigenvalue weighted by molar-refractivity contribution is 5.80. The monoisotopic (exact) mass is 263 g/mol. The summed E-state index contributed by atoms with van der Waals surface area (Å²) < 4.78 is 0. The summed E-state index contributed by atoms with van der Waals surface area (Å²) in [6, 6.07) is 1.88. The van der Waals surface area contributed by atoms with Gasteiger partial charge in [0.15, 0.2) is 0 Å². The van der Waals surface area contributed by atoms with Crippen LogP contribution < -0.4 is 0 Å². The van der Waals surface area contributed by atoms with Gasteiger partial charge < -0.3 is 9.80 Å². The standard InChI is InChI=1S/C14H21N3O2/c15-7-6-13(18)16-8-10-17(11-9-16)14(19)12-4-2-1-3-5-12/h12H,1-6,8-11H2. The molecule has 1 aliphatic heterocycles. The number of piperazine rings is 1. The number of hydrogen-bond donors (Lipinski definition) is 0. The van der Waals surface area contributed by atoms with Gasteiger partial charge in [-0.05, 0) is 12.8 Å². The van der Waals surface area contributed by atoms with Gasteiger partial charge in [-0.15, -0.1) is 0 Å². The fourth-order valence-electron chi connectivity index (χ4n) is 2.96. The maximum absolute atomic E-state index is 12.3. The van der Waals surface area contributed by atoms with Gasteiger partial charge >= 0.3 is 0 Å². The molecule has 1 heterocycles. The Hall–Kier alpha value is -1.57. The van der Waals surface area contributed by atoms with Crippen molar-refractivity contribution in [3.63, 3.8) is 0 Å². The van der Waals surface area contributed by atoms with Crippen LogP contribution in [-0.2, 0) is 9.59 Å². The molecule has 1 saturated carbocycles. The SMILES string of the molecule is N#CCC(=O)N1CCN(C(=O)C2CCCCC2)CC1. The summed E-state index contributed by atoms with van der Waals surface area (Å²) in [6.07, 6.45) is 5.56. The predicted molar refractivity (Wildman–Crippen MR) is 70.0 cm³/mol. The predicted octanol–water partition coefficient (Wildman–Crippen LogP) is 1.15. The normalized spacial score (nSPS) is 21.0. The molecule has 104 valence electrons. The van der Waals surface area contributed by atoms with E-state index in [1.807, 2.05) is 11.0 Å². The van der Waals surface area contributed by atoms with Crippen molar-refractivity contribution in [2.45, 2.75) is 38.5 Å². The highest BCUT2D eigenvalue weighted by Gasteiger charge is 2.29. The largest absolute Gasteiger partial charge is 0.339 e. The second-order valence-electron chi connectivity index (χ2n) is 5.38. The molecule has 5 nitrogen and oxygen atoms in total. The molecule has 0 N–H and O–H groups in total. The Bertz CT molecular complexity index is 375. The molecule has 1 saturated heterocycles. The zero-order valence-corrected chi connectivity index (χ0v) is 11.3. The van der Waals surface area contributed by atoms with Crippen molar-refractivity contribution >= 4 is 11.8 Å². The fraction of sp³-hybridized carbons (Fsp3) is 0.786. The molecule has 0 atom stereocenters. The molecule has 0 unspecified atom stereocenters. The van der Waals surface area contributed by atoms with E-state index in [-0.39, 0.29) is 24.2 Å². The van der Waals surface area contributed by atoms with Crippen LogP contribution >= 0.6 is 0 Å². The van der Waals surface area contributed by atoms with Crippen molar-refractivity contribution in [2.75, 3.05) is 26.2 Å². The van der Waals surface area contributed by atoms with E-state index in [9.17, 15) is 9.59 Å². The Morgan fingerprint density at radius 1 is 1.00 bits per heavy atom. The average molecular weight is 263 g/mol. The molecule has 0 aromatic carbocycles. The average Bonchev–Trinajstić information content (AvgIpc) is 2.48. The molecule has 2 aliphatic rings. The number of rotatable bonds is 2. The van der Waals surface area contributed by atoms with Gasteiger partial charge in [0.05, 0.1) is 6.07 Å². The highest BCUT2D eigenvalue weighted by Crippen LogP contribution is 2.25. The quantitative estimate of drug-likeness (QED) is 0.750. The molecule has 0 bridgehead atoms. The smallest absolute Gasteiger partial charge is 0.236 e. The Labute approximate surface area is 114 Å². The van der Waals surface area contributed by atoms with E-state index in [0.29, 0.717) is 26.2 Å². The zero-order chi connectivity index (χ0) is 13.7. The van der Waals surface area contributed by atoms with Crippen molar-refractivity contribution in [3.8, 4) is 6.07 Å². The Morgan fingerprint density at radius 3 is 2.16 bits per heavy atom. The lowest BCUT2D eigenvalue weighted by molar-refractivity contribution is -0.142. The molecule has 1 aliphatic carbocycles. The Morgan fingerprint density at radius 2 is 1.58 bits per heavy atom. The van der Waals surface area contributed by atoms with Crippen molar-refractivity contribution in [1.29, 1.82) is 5.26 Å². The van der Waals surface area contributed by atoms with E-state index in [1.165, 1.54) is 6.42 Å². The number of hydrogen-bond acceptors (Lipinski definition) is 3. The first-order valence-corrected chi connectivity index (χ1v) is 7.16. The maximum Gasteiger partial charge on any atom is 0.236 e. The number of carbonyl (C=O) groups excluding carboxylic acids is 2. The zero-order valence-electron chi connectivity index (χ0n) is 11.3. The molecular formula is C14H21N3O2. The molecular weight excluding hydrogens is 242 g/mol. The lowest BCUT2D eigenvalue weighted by Gasteiger charge is -2.37. The van der Waals surface area contributed by atoms with E-state index in [2.05, 4.69) is 0 Å². The summed E-state index contributed by atoms with van der Waals surface area (Å²) in [5, 5.41) is 8.52. The van der Waals surface area contributed by atoms with Crippen LogP contribution in [0.3, 0.4) is 0 Å². The first-order chi connectivity index (χ1) is 9.22. The molecule has 0 spiro atoms. The first-order valence-electron chi connectivity index (χ1n) is 7.16. The van der Waals surface area contributed by atoms with Crippen LogP contribution in [0.5, 0.6) is 0 Å². The second-order valence-corrected chi connectivity index (χ2v) is 5.38. The third-order valence-corrected chi connectivity index (χ3v) is 4.13. The first kappa shape index (κ1) is 13.9. The number of carbonyl (C=O) groups is 2. The number of nitriles is 1. The van der Waals surface area contributed by atoms with E-state index in [0.717, 1.165) is 25.7 Å². The minimum Gasteiger partial charge on any atom is -0.339 e. The van der Waals surface area contributed by atoms with Gasteiger partial charge in [-0.1, -0.05) is 19.3 Å². The summed E-state index contributed by atoms with van der Waals surface area (Å²) in [5.41, 5.74) is 0. The highest BCUT2D eigenvalue weighted by atomic mass is 16.2. The van der Waals surface area contributed by atoms with Crippen LogP contribution in [-0.4, -0.2) is 47.8 Å². The molecule has 2 amide bonds.